The Bertz CT molecular complexity index is 736. The van der Waals surface area contributed by atoms with Gasteiger partial charge >= 0.3 is 0 Å². The molecular weight excluding hydrogens is 425 g/mol. The third kappa shape index (κ3) is 6.10. The molecule has 0 aromatic carbocycles. The van der Waals surface area contributed by atoms with Gasteiger partial charge in [0.05, 0.1) is 10.7 Å². The van der Waals surface area contributed by atoms with Gasteiger partial charge < -0.3 is 10.6 Å². The minimum atomic E-state index is 0. The van der Waals surface area contributed by atoms with Gasteiger partial charge in [0, 0.05) is 55.4 Å². The minimum Gasteiger partial charge on any atom is -0.335 e. The Kier molecular flexibility index (Phi) is 9.11. The number of halogens is 2. The van der Waals surface area contributed by atoms with Crippen LogP contribution in [0, 0.1) is 0 Å². The average molecular weight is 452 g/mol. The zero-order valence-corrected chi connectivity index (χ0v) is 19.1. The van der Waals surface area contributed by atoms with Crippen LogP contribution in [0.25, 0.3) is 0 Å². The maximum Gasteiger partial charge on any atom is 0.273 e. The molecule has 2 aromatic rings. The van der Waals surface area contributed by atoms with Gasteiger partial charge in [-0.05, 0) is 0 Å². The summed E-state index contributed by atoms with van der Waals surface area (Å²) >= 11 is 3.18. The molecular formula is C17H27Cl2N5OS2. The van der Waals surface area contributed by atoms with E-state index in [4.69, 9.17) is 10.7 Å². The van der Waals surface area contributed by atoms with Crippen LogP contribution >= 0.6 is 47.5 Å². The largest absolute Gasteiger partial charge is 0.335 e. The summed E-state index contributed by atoms with van der Waals surface area (Å²) < 4.78 is 0. The van der Waals surface area contributed by atoms with E-state index >= 15 is 0 Å². The van der Waals surface area contributed by atoms with Crippen molar-refractivity contribution in [1.82, 2.24) is 19.8 Å². The zero-order valence-electron chi connectivity index (χ0n) is 15.8. The zero-order chi connectivity index (χ0) is 18.0. The maximum absolute atomic E-state index is 12.5. The summed E-state index contributed by atoms with van der Waals surface area (Å²) in [5, 5.41) is 5.94. The molecule has 1 saturated heterocycles. The van der Waals surface area contributed by atoms with E-state index in [0.717, 1.165) is 43.4 Å². The minimum absolute atomic E-state index is 0. The fourth-order valence-corrected chi connectivity index (χ4v) is 4.27. The van der Waals surface area contributed by atoms with E-state index in [1.807, 2.05) is 4.90 Å². The molecule has 1 aliphatic rings. The molecule has 3 rings (SSSR count). The third-order valence-corrected chi connectivity index (χ3v) is 6.37. The van der Waals surface area contributed by atoms with Crippen LogP contribution in [0.1, 0.15) is 47.0 Å². The molecule has 10 heteroatoms. The van der Waals surface area contributed by atoms with Crippen molar-refractivity contribution in [1.29, 1.82) is 0 Å². The van der Waals surface area contributed by atoms with Crippen molar-refractivity contribution in [2.45, 2.75) is 39.3 Å². The smallest absolute Gasteiger partial charge is 0.273 e. The lowest BCUT2D eigenvalue weighted by atomic mass is 9.98. The number of carbonyl (C=O) groups is 1. The van der Waals surface area contributed by atoms with E-state index in [1.165, 1.54) is 16.3 Å². The molecule has 0 aliphatic carbocycles. The molecule has 0 bridgehead atoms. The molecule has 152 valence electrons. The number of piperazine rings is 1. The molecule has 1 aliphatic heterocycles. The van der Waals surface area contributed by atoms with Crippen LogP contribution in [0.2, 0.25) is 0 Å². The van der Waals surface area contributed by atoms with Gasteiger partial charge in [-0.25, -0.2) is 9.97 Å². The first kappa shape index (κ1) is 24.3. The number of nitrogens with two attached hydrogens (primary N) is 1. The number of aromatic nitrogens is 2. The number of hydrogen-bond donors (Lipinski definition) is 1. The second-order valence-electron chi connectivity index (χ2n) is 7.29. The van der Waals surface area contributed by atoms with Gasteiger partial charge in [-0.2, -0.15) is 0 Å². The normalized spacial score (nSPS) is 15.2. The fraction of sp³-hybridized carbons (Fsp3) is 0.588. The topological polar surface area (TPSA) is 75.4 Å². The monoisotopic (exact) mass is 451 g/mol. The molecule has 0 atom stereocenters. The summed E-state index contributed by atoms with van der Waals surface area (Å²) in [6, 6.07) is 0. The Morgan fingerprint density at radius 1 is 1.11 bits per heavy atom. The van der Waals surface area contributed by atoms with E-state index in [1.54, 1.807) is 16.7 Å². The first-order chi connectivity index (χ1) is 11.9. The van der Waals surface area contributed by atoms with Gasteiger partial charge in [0.15, 0.2) is 0 Å². The van der Waals surface area contributed by atoms with Crippen LogP contribution in [-0.2, 0) is 18.5 Å². The van der Waals surface area contributed by atoms with Crippen molar-refractivity contribution in [2.75, 3.05) is 26.2 Å². The molecule has 2 N–H and O–H groups in total. The Labute approximate surface area is 181 Å². The van der Waals surface area contributed by atoms with Crippen molar-refractivity contribution in [3.63, 3.8) is 0 Å². The number of nitrogens with zero attached hydrogens (tertiary/aromatic N) is 4. The third-order valence-electron chi connectivity index (χ3n) is 4.18. The molecule has 0 spiro atoms. The van der Waals surface area contributed by atoms with Gasteiger partial charge in [0.1, 0.15) is 10.7 Å². The Morgan fingerprint density at radius 3 is 2.30 bits per heavy atom. The Balaban J connectivity index is 0.00000182. The van der Waals surface area contributed by atoms with Crippen LogP contribution in [0.3, 0.4) is 0 Å². The molecule has 1 amide bonds. The van der Waals surface area contributed by atoms with Crippen molar-refractivity contribution in [3.05, 3.63) is 32.2 Å². The molecule has 0 radical (unpaired) electrons. The van der Waals surface area contributed by atoms with E-state index in [-0.39, 0.29) is 36.1 Å². The lowest BCUT2D eigenvalue weighted by Gasteiger charge is -2.34. The summed E-state index contributed by atoms with van der Waals surface area (Å²) in [7, 11) is 0. The van der Waals surface area contributed by atoms with E-state index < -0.39 is 0 Å². The molecule has 0 unspecified atom stereocenters. The molecule has 6 nitrogen and oxygen atoms in total. The molecule has 2 aromatic heterocycles. The van der Waals surface area contributed by atoms with Crippen LogP contribution < -0.4 is 5.73 Å². The SMILES string of the molecule is CC(C)(C)c1nc(CN2CCN(C(=O)c3csc(CN)n3)CC2)cs1.Cl.Cl. The molecule has 1 fully saturated rings. The molecule has 0 saturated carbocycles. The second-order valence-corrected chi connectivity index (χ2v) is 9.09. The predicted molar refractivity (Wildman–Crippen MR) is 116 cm³/mol. The van der Waals surface area contributed by atoms with Crippen molar-refractivity contribution in [3.8, 4) is 0 Å². The van der Waals surface area contributed by atoms with Crippen LogP contribution in [0.4, 0.5) is 0 Å². The summed E-state index contributed by atoms with van der Waals surface area (Å²) in [5.41, 5.74) is 7.32. The van der Waals surface area contributed by atoms with Gasteiger partial charge in [-0.15, -0.1) is 47.5 Å². The van der Waals surface area contributed by atoms with Gasteiger partial charge in [0.25, 0.3) is 5.91 Å². The first-order valence-electron chi connectivity index (χ1n) is 8.48. The van der Waals surface area contributed by atoms with E-state index in [9.17, 15) is 4.79 Å². The lowest BCUT2D eigenvalue weighted by Crippen LogP contribution is -2.48. The fourth-order valence-electron chi connectivity index (χ4n) is 2.73. The highest BCUT2D eigenvalue weighted by Gasteiger charge is 2.25. The first-order valence-corrected chi connectivity index (χ1v) is 10.2. The average Bonchev–Trinajstić information content (AvgIpc) is 3.23. The van der Waals surface area contributed by atoms with Crippen LogP contribution in [0.15, 0.2) is 10.8 Å². The number of thiazole rings is 2. The predicted octanol–water partition coefficient (Wildman–Crippen LogP) is 3.16. The van der Waals surface area contributed by atoms with Crippen molar-refractivity contribution in [2.24, 2.45) is 5.73 Å². The Hall–Kier alpha value is -0.770. The van der Waals surface area contributed by atoms with Crippen LogP contribution in [-0.4, -0.2) is 51.9 Å². The van der Waals surface area contributed by atoms with Crippen molar-refractivity contribution < 1.29 is 4.79 Å². The highest BCUT2D eigenvalue weighted by Crippen LogP contribution is 2.26. The number of rotatable bonds is 4. The Morgan fingerprint density at radius 2 is 1.78 bits per heavy atom. The molecule has 3 heterocycles. The summed E-state index contributed by atoms with van der Waals surface area (Å²) in [5.74, 6) is 0.0132. The van der Waals surface area contributed by atoms with Gasteiger partial charge in [-0.1, -0.05) is 20.8 Å². The highest BCUT2D eigenvalue weighted by molar-refractivity contribution is 7.10. The summed E-state index contributed by atoms with van der Waals surface area (Å²) in [6.07, 6.45) is 0. The number of amides is 1. The van der Waals surface area contributed by atoms with Crippen molar-refractivity contribution >= 4 is 53.4 Å². The molecule has 27 heavy (non-hydrogen) atoms. The summed E-state index contributed by atoms with van der Waals surface area (Å²) in [6.45, 7) is 11.0. The van der Waals surface area contributed by atoms with Crippen LogP contribution in [0.5, 0.6) is 0 Å². The second kappa shape index (κ2) is 10.1. The van der Waals surface area contributed by atoms with E-state index in [0.29, 0.717) is 12.2 Å². The number of hydrogen-bond acceptors (Lipinski definition) is 7. The summed E-state index contributed by atoms with van der Waals surface area (Å²) in [4.78, 5) is 25.8. The quantitative estimate of drug-likeness (QED) is 0.772. The highest BCUT2D eigenvalue weighted by atomic mass is 35.5. The number of carbonyl (C=O) groups excluding carboxylic acids is 1. The van der Waals surface area contributed by atoms with Gasteiger partial charge in [-0.3, -0.25) is 9.69 Å². The standard InChI is InChI=1S/C17H25N5OS2.2ClH/c1-17(2,3)16-19-12(10-25-16)9-21-4-6-22(7-5-21)15(23)13-11-24-14(8-18)20-13;;/h10-11H,4-9,18H2,1-3H3;2*1H. The van der Waals surface area contributed by atoms with Gasteiger partial charge in [0.2, 0.25) is 0 Å². The maximum atomic E-state index is 12.5. The van der Waals surface area contributed by atoms with E-state index in [2.05, 4.69) is 36.0 Å². The lowest BCUT2D eigenvalue weighted by molar-refractivity contribution is 0.0622.